The minimum absolute atomic E-state index is 0.0737. The fourth-order valence-electron chi connectivity index (χ4n) is 3.48. The van der Waals surface area contributed by atoms with Crippen LogP contribution in [-0.2, 0) is 4.79 Å². The number of nitrogens with one attached hydrogen (secondary N) is 2. The molecular weight excluding hydrogens is 580 g/mol. The van der Waals surface area contributed by atoms with E-state index in [4.69, 9.17) is 23.2 Å². The van der Waals surface area contributed by atoms with E-state index in [9.17, 15) is 45.1 Å². The molecule has 3 aromatic carbocycles. The largest absolute Gasteiger partial charge is 0.417 e. The number of halogens is 9. The van der Waals surface area contributed by atoms with E-state index in [1.165, 1.54) is 24.3 Å². The molecule has 0 aromatic heterocycles. The summed E-state index contributed by atoms with van der Waals surface area (Å²) in [6.07, 6.45) is -9.43. The Morgan fingerprint density at radius 2 is 1.36 bits per heavy atom. The van der Waals surface area contributed by atoms with Crippen molar-refractivity contribution in [3.63, 3.8) is 0 Å². The van der Waals surface area contributed by atoms with Crippen molar-refractivity contribution in [1.29, 1.82) is 0 Å². The van der Waals surface area contributed by atoms with Crippen LogP contribution >= 0.6 is 23.2 Å². The average Bonchev–Trinajstić information content (AvgIpc) is 2.85. The Balaban J connectivity index is 1.95. The maximum absolute atomic E-state index is 13.9. The fraction of sp³-hybridized carbons (Fsp3) is 0.160. The minimum atomic E-state index is -5.07. The molecule has 5 nitrogen and oxygen atoms in total. The van der Waals surface area contributed by atoms with Crippen LogP contribution in [0.1, 0.15) is 26.3 Å². The maximum atomic E-state index is 13.9. The zero-order valence-corrected chi connectivity index (χ0v) is 20.7. The van der Waals surface area contributed by atoms with Crippen molar-refractivity contribution in [2.24, 2.45) is 0 Å². The number of rotatable bonds is 7. The lowest BCUT2D eigenvalue weighted by Gasteiger charge is -2.14. The molecule has 2 amide bonds. The number of amides is 2. The van der Waals surface area contributed by atoms with Gasteiger partial charge in [0.2, 0.25) is 5.91 Å². The lowest BCUT2D eigenvalue weighted by atomic mass is 9.95. The first-order valence-electron chi connectivity index (χ1n) is 10.7. The van der Waals surface area contributed by atoms with Crippen molar-refractivity contribution in [2.75, 3.05) is 13.1 Å². The van der Waals surface area contributed by atoms with E-state index in [1.54, 1.807) is 5.32 Å². The number of hydrogen-bond donors (Lipinski definition) is 2. The highest BCUT2D eigenvalue weighted by molar-refractivity contribution is 6.35. The van der Waals surface area contributed by atoms with Gasteiger partial charge in [-0.15, -0.1) is 0 Å². The summed E-state index contributed by atoms with van der Waals surface area (Å²) in [5.41, 5.74) is -2.43. The van der Waals surface area contributed by atoms with E-state index in [0.717, 1.165) is 12.1 Å². The van der Waals surface area contributed by atoms with Crippen LogP contribution in [0.2, 0.25) is 10.0 Å². The second-order valence-electron chi connectivity index (χ2n) is 7.95. The molecule has 0 aliphatic heterocycles. The summed E-state index contributed by atoms with van der Waals surface area (Å²) in [5, 5.41) is 2.55. The summed E-state index contributed by atoms with van der Waals surface area (Å²) in [4.78, 5) is 37.2. The van der Waals surface area contributed by atoms with Gasteiger partial charge < -0.3 is 10.6 Å². The number of fused-ring (bicyclic) bond motifs is 1. The summed E-state index contributed by atoms with van der Waals surface area (Å²) in [6.45, 7) is -2.38. The Labute approximate surface area is 225 Å². The lowest BCUT2D eigenvalue weighted by molar-refractivity contribution is -0.137. The molecule has 0 unspecified atom stereocenters. The zero-order chi connectivity index (χ0) is 29.1. The fourth-order valence-corrected chi connectivity index (χ4v) is 3.96. The number of allylic oxidation sites excluding steroid dienone is 2. The van der Waals surface area contributed by atoms with Gasteiger partial charge in [-0.2, -0.15) is 26.3 Å². The average molecular weight is 595 g/mol. The van der Waals surface area contributed by atoms with Crippen LogP contribution in [0.25, 0.3) is 16.3 Å². The molecule has 39 heavy (non-hydrogen) atoms. The van der Waals surface area contributed by atoms with Gasteiger partial charge in [0.15, 0.2) is 11.6 Å². The Morgan fingerprint density at radius 1 is 0.821 bits per heavy atom. The molecule has 0 saturated carbocycles. The number of hydrogen-bond acceptors (Lipinski definition) is 3. The highest BCUT2D eigenvalue weighted by atomic mass is 35.5. The van der Waals surface area contributed by atoms with Crippen LogP contribution in [0.5, 0.6) is 0 Å². The van der Waals surface area contributed by atoms with Gasteiger partial charge in [-0.25, -0.2) is 4.39 Å². The third-order valence-corrected chi connectivity index (χ3v) is 5.76. The topological polar surface area (TPSA) is 75.3 Å². The van der Waals surface area contributed by atoms with E-state index in [-0.39, 0.29) is 28.0 Å². The monoisotopic (exact) mass is 594 g/mol. The van der Waals surface area contributed by atoms with Crippen molar-refractivity contribution in [3.05, 3.63) is 87.2 Å². The van der Waals surface area contributed by atoms with Crippen LogP contribution in [0, 0.1) is 5.82 Å². The second kappa shape index (κ2) is 11.6. The molecule has 0 aliphatic rings. The van der Waals surface area contributed by atoms with Crippen molar-refractivity contribution >= 4 is 57.1 Å². The molecule has 2 N–H and O–H groups in total. The van der Waals surface area contributed by atoms with Crippen molar-refractivity contribution in [3.8, 4) is 0 Å². The molecular formula is C25H15Cl2F7N2O3. The summed E-state index contributed by atoms with van der Waals surface area (Å²) in [7, 11) is 0. The molecule has 0 fully saturated rings. The molecule has 0 bridgehead atoms. The van der Waals surface area contributed by atoms with Gasteiger partial charge in [0, 0.05) is 11.1 Å². The third-order valence-electron chi connectivity index (χ3n) is 5.21. The number of carbonyl (C=O) groups is 3. The summed E-state index contributed by atoms with van der Waals surface area (Å²) in [5.74, 6) is -4.24. The Kier molecular flexibility index (Phi) is 8.91. The molecule has 0 atom stereocenters. The number of carbonyl (C=O) groups excluding carboxylic acids is 3. The molecule has 0 saturated heterocycles. The molecule has 0 spiro atoms. The van der Waals surface area contributed by atoms with Gasteiger partial charge >= 0.3 is 12.4 Å². The zero-order valence-electron chi connectivity index (χ0n) is 19.2. The van der Waals surface area contributed by atoms with Crippen molar-refractivity contribution < 1.29 is 45.1 Å². The van der Waals surface area contributed by atoms with E-state index in [1.807, 2.05) is 0 Å². The van der Waals surface area contributed by atoms with Crippen LogP contribution in [0.4, 0.5) is 30.7 Å². The third kappa shape index (κ3) is 7.48. The van der Waals surface area contributed by atoms with Gasteiger partial charge in [-0.05, 0) is 46.7 Å². The van der Waals surface area contributed by atoms with Crippen LogP contribution in [-0.4, -0.2) is 43.0 Å². The Hall–Kier alpha value is -3.64. The minimum Gasteiger partial charge on any atom is -0.345 e. The summed E-state index contributed by atoms with van der Waals surface area (Å²) in [6, 6.07) is 9.23. The van der Waals surface area contributed by atoms with E-state index < -0.39 is 70.0 Å². The van der Waals surface area contributed by atoms with Crippen LogP contribution in [0.15, 0.2) is 54.6 Å². The Bertz CT molecular complexity index is 1460. The van der Waals surface area contributed by atoms with E-state index >= 15 is 0 Å². The van der Waals surface area contributed by atoms with Crippen molar-refractivity contribution in [2.45, 2.75) is 12.4 Å². The molecule has 0 heterocycles. The van der Waals surface area contributed by atoms with E-state index in [0.29, 0.717) is 12.1 Å². The predicted octanol–water partition coefficient (Wildman–Crippen LogP) is 6.52. The van der Waals surface area contributed by atoms with Gasteiger partial charge in [-0.1, -0.05) is 47.5 Å². The maximum Gasteiger partial charge on any atom is 0.417 e. The Morgan fingerprint density at radius 3 is 1.90 bits per heavy atom. The predicted molar refractivity (Wildman–Crippen MR) is 130 cm³/mol. The first kappa shape index (κ1) is 29.9. The lowest BCUT2D eigenvalue weighted by Crippen LogP contribution is -2.40. The first-order chi connectivity index (χ1) is 18.1. The molecule has 0 radical (unpaired) electrons. The number of ketones is 1. The van der Waals surface area contributed by atoms with Gasteiger partial charge in [0.05, 0.1) is 22.2 Å². The van der Waals surface area contributed by atoms with Crippen LogP contribution < -0.4 is 10.6 Å². The quantitative estimate of drug-likeness (QED) is 0.141. The molecule has 0 aliphatic carbocycles. The molecule has 3 rings (SSSR count). The highest BCUT2D eigenvalue weighted by Gasteiger charge is 2.36. The molecule has 3 aromatic rings. The molecule has 14 heteroatoms. The standard InChI is InChI=1S/C25H15Cl2F7N2O3/c26-18-7-12(8-19(27)22(18)28)17(25(32,33)34)9-20(37)15-5-6-16(14-4-2-1-3-13(14)15)23(39)35-10-21(38)36-11-24(29,30)31/h1-9H,10-11H2,(H,35,39)(H,36,38)/b17-9-. The number of alkyl halides is 6. The molecule has 206 valence electrons. The van der Waals surface area contributed by atoms with Crippen molar-refractivity contribution in [1.82, 2.24) is 10.6 Å². The summed E-state index contributed by atoms with van der Waals surface area (Å²) < 4.78 is 92.0. The van der Waals surface area contributed by atoms with Crippen LogP contribution in [0.3, 0.4) is 0 Å². The number of benzene rings is 3. The van der Waals surface area contributed by atoms with Gasteiger partial charge in [0.1, 0.15) is 6.54 Å². The van der Waals surface area contributed by atoms with Gasteiger partial charge in [-0.3, -0.25) is 14.4 Å². The van der Waals surface area contributed by atoms with E-state index in [2.05, 4.69) is 5.32 Å². The summed E-state index contributed by atoms with van der Waals surface area (Å²) >= 11 is 11.2. The van der Waals surface area contributed by atoms with Gasteiger partial charge in [0.25, 0.3) is 5.91 Å². The smallest absolute Gasteiger partial charge is 0.345 e. The SMILES string of the molecule is O=C(CNC(=O)c1ccc(C(=O)/C=C(/c2cc(Cl)c(F)c(Cl)c2)C(F)(F)F)c2ccccc12)NCC(F)(F)F. The first-order valence-corrected chi connectivity index (χ1v) is 11.5. The normalized spacial score (nSPS) is 12.4. The second-order valence-corrected chi connectivity index (χ2v) is 8.77. The highest BCUT2D eigenvalue weighted by Crippen LogP contribution is 2.38.